The summed E-state index contributed by atoms with van der Waals surface area (Å²) >= 11 is 0. The number of piperazine rings is 1. The van der Waals surface area contributed by atoms with E-state index in [9.17, 15) is 4.79 Å². The molecule has 172 valence electrons. The standard InChI is InChI=1S/C23H28N8O2/c1-17-3-2-4-18(13-17)15-25-27-23-26-21(29-9-11-33-12-10-29)20-14-19(16-31(20)28-23)22(32)30-7-5-24-6-8-30/h2-4,13-16,24H,5-12H2,1H3,(H,27,28)/b25-15+. The van der Waals surface area contributed by atoms with Crippen LogP contribution in [0.15, 0.2) is 41.6 Å². The summed E-state index contributed by atoms with van der Waals surface area (Å²) in [4.78, 5) is 21.8. The quantitative estimate of drug-likeness (QED) is 0.449. The summed E-state index contributed by atoms with van der Waals surface area (Å²) in [6.07, 6.45) is 3.52. The molecular weight excluding hydrogens is 420 g/mol. The van der Waals surface area contributed by atoms with Crippen molar-refractivity contribution in [1.29, 1.82) is 0 Å². The molecule has 0 spiro atoms. The molecule has 2 aliphatic rings. The van der Waals surface area contributed by atoms with Crippen molar-refractivity contribution < 1.29 is 9.53 Å². The summed E-state index contributed by atoms with van der Waals surface area (Å²) < 4.78 is 7.23. The van der Waals surface area contributed by atoms with Crippen LogP contribution in [-0.4, -0.2) is 84.1 Å². The first-order valence-corrected chi connectivity index (χ1v) is 11.3. The fourth-order valence-electron chi connectivity index (χ4n) is 4.12. The van der Waals surface area contributed by atoms with E-state index in [0.29, 0.717) is 37.8 Å². The molecular formula is C23H28N8O2. The molecule has 10 nitrogen and oxygen atoms in total. The average molecular weight is 449 g/mol. The summed E-state index contributed by atoms with van der Waals surface area (Å²) in [5, 5.41) is 12.2. The van der Waals surface area contributed by atoms with Crippen LogP contribution in [0, 0.1) is 6.92 Å². The summed E-state index contributed by atoms with van der Waals surface area (Å²) in [6, 6.07) is 9.96. The van der Waals surface area contributed by atoms with Crippen LogP contribution in [0.1, 0.15) is 21.5 Å². The second kappa shape index (κ2) is 9.55. The molecule has 0 unspecified atom stereocenters. The third-order valence-corrected chi connectivity index (χ3v) is 5.83. The van der Waals surface area contributed by atoms with Crippen LogP contribution in [-0.2, 0) is 4.74 Å². The number of hydrogen-bond donors (Lipinski definition) is 2. The predicted molar refractivity (Wildman–Crippen MR) is 127 cm³/mol. The minimum Gasteiger partial charge on any atom is -0.378 e. The lowest BCUT2D eigenvalue weighted by Crippen LogP contribution is -2.46. The largest absolute Gasteiger partial charge is 0.378 e. The number of hydrogen-bond acceptors (Lipinski definition) is 8. The highest BCUT2D eigenvalue weighted by molar-refractivity contribution is 5.96. The van der Waals surface area contributed by atoms with Crippen molar-refractivity contribution in [3.63, 3.8) is 0 Å². The number of carbonyl (C=O) groups is 1. The number of amides is 1. The maximum Gasteiger partial charge on any atom is 0.263 e. The van der Waals surface area contributed by atoms with Gasteiger partial charge in [-0.25, -0.2) is 9.94 Å². The highest BCUT2D eigenvalue weighted by Crippen LogP contribution is 2.24. The van der Waals surface area contributed by atoms with Gasteiger partial charge < -0.3 is 19.9 Å². The molecule has 0 atom stereocenters. The fraction of sp³-hybridized carbons (Fsp3) is 0.391. The normalized spacial score (nSPS) is 17.1. The van der Waals surface area contributed by atoms with E-state index in [4.69, 9.17) is 9.72 Å². The summed E-state index contributed by atoms with van der Waals surface area (Å²) in [6.45, 7) is 7.80. The number of nitrogens with zero attached hydrogens (tertiary/aromatic N) is 6. The molecule has 0 saturated carbocycles. The first-order chi connectivity index (χ1) is 16.2. The zero-order valence-corrected chi connectivity index (χ0v) is 18.7. The number of benzene rings is 1. The Bertz CT molecular complexity index is 1160. The molecule has 0 bridgehead atoms. The van der Waals surface area contributed by atoms with Crippen molar-refractivity contribution in [2.75, 3.05) is 62.8 Å². The molecule has 1 aromatic carbocycles. The number of aryl methyl sites for hydroxylation is 1. The molecule has 2 aliphatic heterocycles. The first-order valence-electron chi connectivity index (χ1n) is 11.3. The van der Waals surface area contributed by atoms with Crippen molar-refractivity contribution in [3.05, 3.63) is 53.2 Å². The van der Waals surface area contributed by atoms with E-state index in [1.165, 1.54) is 5.56 Å². The molecule has 2 fully saturated rings. The lowest BCUT2D eigenvalue weighted by atomic mass is 10.2. The van der Waals surface area contributed by atoms with Gasteiger partial charge in [0.05, 0.1) is 25.0 Å². The van der Waals surface area contributed by atoms with Gasteiger partial charge in [0.1, 0.15) is 5.52 Å². The maximum absolute atomic E-state index is 13.1. The number of nitrogens with one attached hydrogen (secondary N) is 2. The minimum atomic E-state index is 0.0157. The van der Waals surface area contributed by atoms with E-state index >= 15 is 0 Å². The van der Waals surface area contributed by atoms with Gasteiger partial charge in [0, 0.05) is 45.5 Å². The summed E-state index contributed by atoms with van der Waals surface area (Å²) in [7, 11) is 0. The Labute approximate surface area is 192 Å². The van der Waals surface area contributed by atoms with Crippen molar-refractivity contribution in [2.24, 2.45) is 5.10 Å². The van der Waals surface area contributed by atoms with E-state index in [1.54, 1.807) is 16.9 Å². The predicted octanol–water partition coefficient (Wildman–Crippen LogP) is 1.37. The zero-order valence-electron chi connectivity index (χ0n) is 18.7. The van der Waals surface area contributed by atoms with Gasteiger partial charge in [-0.15, -0.1) is 5.10 Å². The van der Waals surface area contributed by atoms with E-state index in [1.807, 2.05) is 42.2 Å². The van der Waals surface area contributed by atoms with Gasteiger partial charge >= 0.3 is 0 Å². The van der Waals surface area contributed by atoms with E-state index < -0.39 is 0 Å². The van der Waals surface area contributed by atoms with Gasteiger partial charge in [-0.2, -0.15) is 10.1 Å². The number of morpholine rings is 1. The van der Waals surface area contributed by atoms with Crippen molar-refractivity contribution in [3.8, 4) is 0 Å². The van der Waals surface area contributed by atoms with Gasteiger partial charge in [0.15, 0.2) is 5.82 Å². The van der Waals surface area contributed by atoms with Gasteiger partial charge in [-0.1, -0.05) is 29.8 Å². The highest BCUT2D eigenvalue weighted by atomic mass is 16.5. The Kier molecular flexibility index (Phi) is 6.18. The first kappa shape index (κ1) is 21.4. The number of hydrazone groups is 1. The van der Waals surface area contributed by atoms with E-state index in [-0.39, 0.29) is 5.91 Å². The molecule has 0 radical (unpaired) electrons. The van der Waals surface area contributed by atoms with Gasteiger partial charge in [0.2, 0.25) is 0 Å². The van der Waals surface area contributed by atoms with Gasteiger partial charge in [0.25, 0.3) is 11.9 Å². The Morgan fingerprint density at radius 2 is 2.00 bits per heavy atom. The second-order valence-electron chi connectivity index (χ2n) is 8.24. The molecule has 4 heterocycles. The van der Waals surface area contributed by atoms with Crippen LogP contribution in [0.5, 0.6) is 0 Å². The lowest BCUT2D eigenvalue weighted by Gasteiger charge is -2.28. The fourth-order valence-corrected chi connectivity index (χ4v) is 4.12. The number of anilines is 2. The molecule has 1 amide bonds. The molecule has 5 rings (SSSR count). The SMILES string of the molecule is Cc1cccc(/C=N/Nc2nc(N3CCOCC3)c3cc(C(=O)N4CCNCC4)cn3n2)c1. The zero-order chi connectivity index (χ0) is 22.6. The van der Waals surface area contributed by atoms with Crippen LogP contribution < -0.4 is 15.6 Å². The number of rotatable bonds is 5. The van der Waals surface area contributed by atoms with Gasteiger partial charge in [-0.3, -0.25) is 4.79 Å². The molecule has 2 saturated heterocycles. The van der Waals surface area contributed by atoms with Crippen molar-refractivity contribution >= 4 is 29.4 Å². The Balaban J connectivity index is 1.45. The van der Waals surface area contributed by atoms with Crippen LogP contribution in [0.25, 0.3) is 5.52 Å². The average Bonchev–Trinajstić information content (AvgIpc) is 3.28. The van der Waals surface area contributed by atoms with Crippen LogP contribution in [0.2, 0.25) is 0 Å². The van der Waals surface area contributed by atoms with Gasteiger partial charge in [-0.05, 0) is 18.6 Å². The third-order valence-electron chi connectivity index (χ3n) is 5.83. The lowest BCUT2D eigenvalue weighted by molar-refractivity contribution is 0.0736. The van der Waals surface area contributed by atoms with Crippen LogP contribution in [0.3, 0.4) is 0 Å². The number of fused-ring (bicyclic) bond motifs is 1. The maximum atomic E-state index is 13.1. The topological polar surface area (TPSA) is 99.4 Å². The molecule has 3 aromatic rings. The Morgan fingerprint density at radius 1 is 1.18 bits per heavy atom. The highest BCUT2D eigenvalue weighted by Gasteiger charge is 2.23. The summed E-state index contributed by atoms with van der Waals surface area (Å²) in [5.41, 5.74) is 6.51. The van der Waals surface area contributed by atoms with E-state index in [2.05, 4.69) is 25.8 Å². The van der Waals surface area contributed by atoms with E-state index in [0.717, 1.165) is 43.1 Å². The minimum absolute atomic E-state index is 0.0157. The van der Waals surface area contributed by atoms with Crippen LogP contribution in [0.4, 0.5) is 11.8 Å². The van der Waals surface area contributed by atoms with Crippen LogP contribution >= 0.6 is 0 Å². The monoisotopic (exact) mass is 448 g/mol. The Morgan fingerprint density at radius 3 is 2.79 bits per heavy atom. The number of ether oxygens (including phenoxy) is 1. The molecule has 33 heavy (non-hydrogen) atoms. The number of aromatic nitrogens is 3. The smallest absolute Gasteiger partial charge is 0.263 e. The Hall–Kier alpha value is -3.50. The van der Waals surface area contributed by atoms with Crippen molar-refractivity contribution in [1.82, 2.24) is 24.8 Å². The third kappa shape index (κ3) is 4.81. The molecule has 2 N–H and O–H groups in total. The summed E-state index contributed by atoms with van der Waals surface area (Å²) in [5.74, 6) is 1.15. The van der Waals surface area contributed by atoms with Crippen molar-refractivity contribution in [2.45, 2.75) is 6.92 Å². The molecule has 2 aromatic heterocycles. The molecule has 0 aliphatic carbocycles. The second-order valence-corrected chi connectivity index (χ2v) is 8.24. The molecule has 10 heteroatoms. The number of carbonyl (C=O) groups excluding carboxylic acids is 1.